The van der Waals surface area contributed by atoms with E-state index in [9.17, 15) is 0 Å². The van der Waals surface area contributed by atoms with Crippen molar-refractivity contribution >= 4 is 9.05 Å². The van der Waals surface area contributed by atoms with Crippen LogP contribution in [0.5, 0.6) is 0 Å². The quantitative estimate of drug-likeness (QED) is 0.359. The Labute approximate surface area is 66.9 Å². The van der Waals surface area contributed by atoms with Crippen LogP contribution in [-0.2, 0) is 13.9 Å². The van der Waals surface area contributed by atoms with Crippen LogP contribution in [0, 0.1) is 0 Å². The van der Waals surface area contributed by atoms with E-state index < -0.39 is 14.6 Å². The zero-order valence-corrected chi connectivity index (χ0v) is 8.12. The Morgan fingerprint density at radius 2 is 1.64 bits per heavy atom. The van der Waals surface area contributed by atoms with Gasteiger partial charge in [-0.3, -0.25) is 0 Å². The molecule has 0 aromatic rings. The minimum absolute atomic E-state index is 0.581. The molecule has 0 rings (SSSR count). The molecular weight excluding hydrogens is 168 g/mol. The minimum atomic E-state index is -4.01. The first-order chi connectivity index (χ1) is 4.77. The van der Waals surface area contributed by atoms with E-state index in [2.05, 4.69) is 13.9 Å². The molecule has 0 aromatic heterocycles. The van der Waals surface area contributed by atoms with Crippen LogP contribution in [0.15, 0.2) is 0 Å². The molecule has 0 radical (unpaired) electrons. The van der Waals surface area contributed by atoms with Gasteiger partial charge in [-0.1, -0.05) is 0 Å². The summed E-state index contributed by atoms with van der Waals surface area (Å²) >= 11 is 0. The van der Waals surface area contributed by atoms with Crippen molar-refractivity contribution in [3.8, 4) is 0 Å². The molecule has 0 aliphatic carbocycles. The summed E-state index contributed by atoms with van der Waals surface area (Å²) in [4.78, 5) is 22.2. The van der Waals surface area contributed by atoms with Crippen LogP contribution in [0.4, 0.5) is 0 Å². The lowest BCUT2D eigenvalue weighted by Gasteiger charge is -2.21. The van der Waals surface area contributed by atoms with Crippen molar-refractivity contribution in [2.45, 2.75) is 26.4 Å². The smallest absolute Gasteiger partial charge is 0.366 e. The summed E-state index contributed by atoms with van der Waals surface area (Å²) in [6, 6.07) is 0. The minimum Gasteiger partial charge on any atom is -0.366 e. The molecule has 0 aliphatic rings. The molecule has 11 heavy (non-hydrogen) atoms. The van der Waals surface area contributed by atoms with Gasteiger partial charge in [0, 0.05) is 7.11 Å². The van der Waals surface area contributed by atoms with Crippen molar-refractivity contribution in [1.29, 1.82) is 0 Å². The van der Waals surface area contributed by atoms with Gasteiger partial charge in [-0.2, -0.15) is 4.58 Å². The lowest BCUT2D eigenvalue weighted by molar-refractivity contribution is -0.318. The molecule has 5 nitrogen and oxygen atoms in total. The van der Waals surface area contributed by atoms with Gasteiger partial charge in [0.1, 0.15) is 0 Å². The van der Waals surface area contributed by atoms with Gasteiger partial charge in [-0.05, 0) is 20.8 Å². The normalized spacial score (nSPS) is 13.6. The molecule has 0 spiro atoms. The standard InChI is InChI=1S/C5H14O5Si/c1-5(2,3)9-10-11(6,7)8-4/h6-7H,1-4H3. The van der Waals surface area contributed by atoms with Gasteiger partial charge in [0.25, 0.3) is 0 Å². The van der Waals surface area contributed by atoms with Gasteiger partial charge in [0.2, 0.25) is 0 Å². The van der Waals surface area contributed by atoms with Crippen molar-refractivity contribution in [2.75, 3.05) is 7.11 Å². The highest BCUT2D eigenvalue weighted by Crippen LogP contribution is 2.10. The highest BCUT2D eigenvalue weighted by Gasteiger charge is 2.38. The molecule has 68 valence electrons. The molecule has 0 aliphatic heterocycles. The summed E-state index contributed by atoms with van der Waals surface area (Å²) < 4.78 is 8.51. The van der Waals surface area contributed by atoms with Gasteiger partial charge in [0.15, 0.2) is 0 Å². The van der Waals surface area contributed by atoms with Crippen LogP contribution >= 0.6 is 0 Å². The van der Waals surface area contributed by atoms with E-state index >= 15 is 0 Å². The van der Waals surface area contributed by atoms with Crippen LogP contribution in [0.25, 0.3) is 0 Å². The van der Waals surface area contributed by atoms with E-state index in [4.69, 9.17) is 9.59 Å². The van der Waals surface area contributed by atoms with Crippen molar-refractivity contribution < 1.29 is 23.5 Å². The first-order valence-corrected chi connectivity index (χ1v) is 4.85. The molecule has 6 heteroatoms. The van der Waals surface area contributed by atoms with E-state index in [1.54, 1.807) is 20.8 Å². The Kier molecular flexibility index (Phi) is 3.62. The fourth-order valence-corrected chi connectivity index (χ4v) is 0.640. The lowest BCUT2D eigenvalue weighted by atomic mass is 10.2. The SMILES string of the molecule is CO[Si](O)(O)OOC(C)(C)C. The summed E-state index contributed by atoms with van der Waals surface area (Å²) in [6.07, 6.45) is 0. The summed E-state index contributed by atoms with van der Waals surface area (Å²) in [6.45, 7) is 5.15. The van der Waals surface area contributed by atoms with E-state index in [-0.39, 0.29) is 0 Å². The van der Waals surface area contributed by atoms with E-state index in [1.165, 1.54) is 0 Å². The number of rotatable bonds is 3. The molecule has 0 bridgehead atoms. The molecule has 0 fully saturated rings. The molecule has 2 N–H and O–H groups in total. The first-order valence-electron chi connectivity index (χ1n) is 3.13. The van der Waals surface area contributed by atoms with Crippen LogP contribution in [0.1, 0.15) is 20.8 Å². The maximum Gasteiger partial charge on any atom is 0.702 e. The van der Waals surface area contributed by atoms with Crippen molar-refractivity contribution in [3.05, 3.63) is 0 Å². The summed E-state index contributed by atoms with van der Waals surface area (Å²) in [7, 11) is -2.87. The topological polar surface area (TPSA) is 68.2 Å². The second-order valence-electron chi connectivity index (χ2n) is 3.03. The largest absolute Gasteiger partial charge is 0.702 e. The van der Waals surface area contributed by atoms with Crippen LogP contribution < -0.4 is 0 Å². The van der Waals surface area contributed by atoms with Crippen LogP contribution in [-0.4, -0.2) is 31.4 Å². The monoisotopic (exact) mass is 182 g/mol. The van der Waals surface area contributed by atoms with E-state index in [1.807, 2.05) is 0 Å². The molecule has 0 unspecified atom stereocenters. The highest BCUT2D eigenvalue weighted by molar-refractivity contribution is 6.49. The summed E-state index contributed by atoms with van der Waals surface area (Å²) in [5, 5.41) is 0. The lowest BCUT2D eigenvalue weighted by Crippen LogP contribution is -2.43. The molecule has 0 atom stereocenters. The Morgan fingerprint density at radius 1 is 1.18 bits per heavy atom. The molecular formula is C5H14O5Si. The van der Waals surface area contributed by atoms with E-state index in [0.717, 1.165) is 7.11 Å². The summed E-state index contributed by atoms with van der Waals surface area (Å²) in [5.74, 6) is 0. The molecule has 0 saturated heterocycles. The third-order valence-electron chi connectivity index (χ3n) is 0.666. The second kappa shape index (κ2) is 3.61. The van der Waals surface area contributed by atoms with Gasteiger partial charge in [0.05, 0.1) is 5.60 Å². The third-order valence-corrected chi connectivity index (χ3v) is 1.50. The van der Waals surface area contributed by atoms with Gasteiger partial charge < -0.3 is 14.0 Å². The zero-order valence-electron chi connectivity index (χ0n) is 7.12. The predicted molar refractivity (Wildman–Crippen MR) is 39.1 cm³/mol. The average molecular weight is 182 g/mol. The van der Waals surface area contributed by atoms with Gasteiger partial charge >= 0.3 is 9.05 Å². The average Bonchev–Trinajstić information content (AvgIpc) is 1.83. The fourth-order valence-electron chi connectivity index (χ4n) is 0.213. The zero-order chi connectivity index (χ0) is 9.12. The maximum atomic E-state index is 8.81. The summed E-state index contributed by atoms with van der Waals surface area (Å²) in [5.41, 5.74) is -0.581. The Morgan fingerprint density at radius 3 is 1.91 bits per heavy atom. The molecule has 0 heterocycles. The number of hydrogen-bond donors (Lipinski definition) is 2. The maximum absolute atomic E-state index is 8.81. The van der Waals surface area contributed by atoms with Crippen LogP contribution in [0.2, 0.25) is 0 Å². The molecule has 0 amide bonds. The molecule has 0 saturated carbocycles. The van der Waals surface area contributed by atoms with Gasteiger partial charge in [-0.25, -0.2) is 4.89 Å². The third kappa shape index (κ3) is 6.42. The van der Waals surface area contributed by atoms with Crippen molar-refractivity contribution in [2.24, 2.45) is 0 Å². The van der Waals surface area contributed by atoms with Crippen molar-refractivity contribution in [3.63, 3.8) is 0 Å². The Hall–Kier alpha value is 0.0169. The van der Waals surface area contributed by atoms with Gasteiger partial charge in [-0.15, -0.1) is 0 Å². The van der Waals surface area contributed by atoms with E-state index in [0.29, 0.717) is 0 Å². The van der Waals surface area contributed by atoms with Crippen LogP contribution in [0.3, 0.4) is 0 Å². The second-order valence-corrected chi connectivity index (χ2v) is 4.70. The Bertz CT molecular complexity index is 119. The number of hydrogen-bond acceptors (Lipinski definition) is 5. The fraction of sp³-hybridized carbons (Fsp3) is 1.00. The Balaban J connectivity index is 3.70. The first kappa shape index (κ1) is 11.0. The van der Waals surface area contributed by atoms with Crippen molar-refractivity contribution in [1.82, 2.24) is 0 Å². The predicted octanol–water partition coefficient (Wildman–Crippen LogP) is -0.200. The molecule has 0 aromatic carbocycles. The highest BCUT2D eigenvalue weighted by atomic mass is 28.4.